The van der Waals surface area contributed by atoms with E-state index in [1.807, 2.05) is 17.0 Å². The lowest BCUT2D eigenvalue weighted by Gasteiger charge is -2.33. The maximum atomic E-state index is 12.5. The molecule has 0 spiro atoms. The molecule has 1 aromatic carbocycles. The van der Waals surface area contributed by atoms with Crippen molar-refractivity contribution in [1.29, 1.82) is 0 Å². The average Bonchev–Trinajstić information content (AvgIpc) is 3.07. The lowest BCUT2D eigenvalue weighted by Crippen LogP contribution is -2.45. The van der Waals surface area contributed by atoms with E-state index < -0.39 is 0 Å². The zero-order valence-corrected chi connectivity index (χ0v) is 14.0. The standard InChI is InChI=1S/C18H20N2O5/c1-23-18(22)14-4-2-3-5-20(14)9-12-6-11-7-15-16(25-10-24-15)8-13(11)19-17(12)21/h6-8,14H,2-5,9-10H2,1H3,(H,19,21). The van der Waals surface area contributed by atoms with Crippen molar-refractivity contribution in [2.45, 2.75) is 31.8 Å². The van der Waals surface area contributed by atoms with Gasteiger partial charge >= 0.3 is 5.97 Å². The van der Waals surface area contributed by atoms with Crippen molar-refractivity contribution in [3.05, 3.63) is 34.1 Å². The zero-order chi connectivity index (χ0) is 17.4. The summed E-state index contributed by atoms with van der Waals surface area (Å²) in [5, 5.41) is 0.880. The quantitative estimate of drug-likeness (QED) is 0.855. The van der Waals surface area contributed by atoms with Crippen molar-refractivity contribution in [1.82, 2.24) is 9.88 Å². The number of carbonyl (C=O) groups excluding carboxylic acids is 1. The average molecular weight is 344 g/mol. The molecule has 0 aliphatic carbocycles. The number of carbonyl (C=O) groups is 1. The van der Waals surface area contributed by atoms with E-state index in [9.17, 15) is 9.59 Å². The highest BCUT2D eigenvalue weighted by atomic mass is 16.7. The summed E-state index contributed by atoms with van der Waals surface area (Å²) >= 11 is 0. The molecule has 2 aromatic rings. The van der Waals surface area contributed by atoms with Crippen LogP contribution in [0.1, 0.15) is 24.8 Å². The fourth-order valence-corrected chi connectivity index (χ4v) is 3.56. The topological polar surface area (TPSA) is 80.9 Å². The second-order valence-electron chi connectivity index (χ2n) is 6.42. The van der Waals surface area contributed by atoms with E-state index in [1.54, 1.807) is 6.07 Å². The third kappa shape index (κ3) is 2.95. The van der Waals surface area contributed by atoms with Gasteiger partial charge in [-0.1, -0.05) is 6.42 Å². The number of aromatic nitrogens is 1. The van der Waals surface area contributed by atoms with Gasteiger partial charge in [0.15, 0.2) is 11.5 Å². The predicted molar refractivity (Wildman–Crippen MR) is 90.8 cm³/mol. The smallest absolute Gasteiger partial charge is 0.323 e. The van der Waals surface area contributed by atoms with Crippen LogP contribution in [-0.4, -0.2) is 42.3 Å². The van der Waals surface area contributed by atoms with Crippen LogP contribution < -0.4 is 15.0 Å². The van der Waals surface area contributed by atoms with Crippen molar-refractivity contribution in [3.8, 4) is 11.5 Å². The summed E-state index contributed by atoms with van der Waals surface area (Å²) in [6.07, 6.45) is 2.77. The van der Waals surface area contributed by atoms with Gasteiger partial charge in [0, 0.05) is 23.6 Å². The highest BCUT2D eigenvalue weighted by Crippen LogP contribution is 2.35. The van der Waals surface area contributed by atoms with Gasteiger partial charge in [-0.2, -0.15) is 0 Å². The van der Waals surface area contributed by atoms with Gasteiger partial charge in [-0.3, -0.25) is 14.5 Å². The number of fused-ring (bicyclic) bond motifs is 2. The number of esters is 1. The molecule has 1 aromatic heterocycles. The van der Waals surface area contributed by atoms with Crippen LogP contribution in [0, 0.1) is 0 Å². The summed E-state index contributed by atoms with van der Waals surface area (Å²) in [4.78, 5) is 29.4. The van der Waals surface area contributed by atoms with Gasteiger partial charge in [-0.25, -0.2) is 0 Å². The minimum absolute atomic E-state index is 0.152. The summed E-state index contributed by atoms with van der Waals surface area (Å²) in [7, 11) is 1.40. The van der Waals surface area contributed by atoms with Gasteiger partial charge < -0.3 is 19.2 Å². The second kappa shape index (κ2) is 6.40. The summed E-state index contributed by atoms with van der Waals surface area (Å²) in [5.41, 5.74) is 1.18. The van der Waals surface area contributed by atoms with Crippen LogP contribution in [0.15, 0.2) is 23.0 Å². The van der Waals surface area contributed by atoms with Crippen LogP contribution in [-0.2, 0) is 16.1 Å². The van der Waals surface area contributed by atoms with Gasteiger partial charge in [-0.05, 0) is 31.5 Å². The molecular weight excluding hydrogens is 324 g/mol. The number of benzene rings is 1. The Morgan fingerprint density at radius 3 is 2.88 bits per heavy atom. The Bertz CT molecular complexity index is 876. The Kier molecular flexibility index (Phi) is 4.09. The molecule has 1 unspecified atom stereocenters. The number of piperidine rings is 1. The first-order chi connectivity index (χ1) is 12.2. The normalized spacial score (nSPS) is 20.0. The molecule has 0 saturated carbocycles. The SMILES string of the molecule is COC(=O)C1CCCCN1Cc1cc2cc3c(cc2[nH]c1=O)OCO3. The molecule has 132 valence electrons. The highest BCUT2D eigenvalue weighted by Gasteiger charge is 2.30. The number of nitrogens with one attached hydrogen (secondary N) is 1. The van der Waals surface area contributed by atoms with Gasteiger partial charge in [0.1, 0.15) is 6.04 Å². The molecule has 2 aliphatic heterocycles. The molecule has 3 heterocycles. The molecule has 1 saturated heterocycles. The van der Waals surface area contributed by atoms with E-state index in [0.29, 0.717) is 29.1 Å². The maximum absolute atomic E-state index is 12.5. The number of likely N-dealkylation sites (tertiary alicyclic amines) is 1. The van der Waals surface area contributed by atoms with Crippen molar-refractivity contribution < 1.29 is 19.0 Å². The molecule has 1 N–H and O–H groups in total. The fourth-order valence-electron chi connectivity index (χ4n) is 3.56. The third-order valence-corrected chi connectivity index (χ3v) is 4.87. The summed E-state index contributed by atoms with van der Waals surface area (Å²) < 4.78 is 15.7. The number of ether oxygens (including phenoxy) is 3. The van der Waals surface area contributed by atoms with E-state index in [4.69, 9.17) is 14.2 Å². The Morgan fingerprint density at radius 2 is 2.08 bits per heavy atom. The van der Waals surface area contributed by atoms with Crippen LogP contribution >= 0.6 is 0 Å². The van der Waals surface area contributed by atoms with Crippen LogP contribution in [0.5, 0.6) is 11.5 Å². The van der Waals surface area contributed by atoms with Crippen molar-refractivity contribution in [2.24, 2.45) is 0 Å². The van der Waals surface area contributed by atoms with Gasteiger partial charge in [0.25, 0.3) is 5.56 Å². The number of pyridine rings is 1. The number of H-pyrrole nitrogens is 1. The van der Waals surface area contributed by atoms with Crippen LogP contribution in [0.2, 0.25) is 0 Å². The minimum atomic E-state index is -0.286. The molecule has 1 fully saturated rings. The molecule has 2 aliphatic rings. The number of aromatic amines is 1. The maximum Gasteiger partial charge on any atom is 0.323 e. The molecule has 4 rings (SSSR count). The van der Waals surface area contributed by atoms with Gasteiger partial charge in [0.2, 0.25) is 6.79 Å². The molecule has 7 heteroatoms. The number of nitrogens with zero attached hydrogens (tertiary/aromatic N) is 1. The Morgan fingerprint density at radius 1 is 1.28 bits per heavy atom. The third-order valence-electron chi connectivity index (χ3n) is 4.87. The predicted octanol–water partition coefficient (Wildman–Crippen LogP) is 1.78. The molecule has 1 atom stereocenters. The van der Waals surface area contributed by atoms with E-state index in [0.717, 1.165) is 31.2 Å². The van der Waals surface area contributed by atoms with E-state index in [1.165, 1.54) is 7.11 Å². The first-order valence-corrected chi connectivity index (χ1v) is 8.43. The highest BCUT2D eigenvalue weighted by molar-refractivity contribution is 5.83. The van der Waals surface area contributed by atoms with E-state index in [-0.39, 0.29) is 24.4 Å². The number of hydrogen-bond acceptors (Lipinski definition) is 6. The van der Waals surface area contributed by atoms with Crippen molar-refractivity contribution in [3.63, 3.8) is 0 Å². The van der Waals surface area contributed by atoms with Crippen LogP contribution in [0.3, 0.4) is 0 Å². The summed E-state index contributed by atoms with van der Waals surface area (Å²) in [6, 6.07) is 5.22. The molecular formula is C18H20N2O5. The Balaban J connectivity index is 1.66. The minimum Gasteiger partial charge on any atom is -0.468 e. The van der Waals surface area contributed by atoms with Crippen LogP contribution in [0.4, 0.5) is 0 Å². The summed E-state index contributed by atoms with van der Waals surface area (Å²) in [5.74, 6) is 1.08. The molecule has 0 bridgehead atoms. The zero-order valence-electron chi connectivity index (χ0n) is 14.0. The fraction of sp³-hybridized carbons (Fsp3) is 0.444. The van der Waals surface area contributed by atoms with Crippen molar-refractivity contribution in [2.75, 3.05) is 20.4 Å². The Hall–Kier alpha value is -2.54. The molecule has 0 radical (unpaired) electrons. The largest absolute Gasteiger partial charge is 0.468 e. The van der Waals surface area contributed by atoms with E-state index >= 15 is 0 Å². The molecule has 7 nitrogen and oxygen atoms in total. The van der Waals surface area contributed by atoms with Crippen LogP contribution in [0.25, 0.3) is 10.9 Å². The Labute approximate surface area is 144 Å². The van der Waals surface area contributed by atoms with Crippen molar-refractivity contribution >= 4 is 16.9 Å². The second-order valence-corrected chi connectivity index (χ2v) is 6.42. The first-order valence-electron chi connectivity index (χ1n) is 8.43. The molecule has 0 amide bonds. The summed E-state index contributed by atoms with van der Waals surface area (Å²) in [6.45, 7) is 1.38. The lowest BCUT2D eigenvalue weighted by atomic mass is 10.0. The first kappa shape index (κ1) is 16.0. The number of methoxy groups -OCH3 is 1. The molecule has 25 heavy (non-hydrogen) atoms. The van der Waals surface area contributed by atoms with Gasteiger partial charge in [0.05, 0.1) is 12.6 Å². The lowest BCUT2D eigenvalue weighted by molar-refractivity contribution is -0.148. The number of hydrogen-bond donors (Lipinski definition) is 1. The monoisotopic (exact) mass is 344 g/mol. The van der Waals surface area contributed by atoms with Gasteiger partial charge in [-0.15, -0.1) is 0 Å². The van der Waals surface area contributed by atoms with E-state index in [2.05, 4.69) is 4.98 Å². The number of rotatable bonds is 3.